The molecule has 2 unspecified atom stereocenters. The zero-order chi connectivity index (χ0) is 13.5. The maximum Gasteiger partial charge on any atom is 0.236 e. The lowest BCUT2D eigenvalue weighted by Crippen LogP contribution is -2.30. The van der Waals surface area contributed by atoms with Gasteiger partial charge in [0.25, 0.3) is 0 Å². The Morgan fingerprint density at radius 2 is 2.28 bits per heavy atom. The summed E-state index contributed by atoms with van der Waals surface area (Å²) in [6.07, 6.45) is 0.752. The van der Waals surface area contributed by atoms with Crippen molar-refractivity contribution in [2.45, 2.75) is 19.4 Å². The highest BCUT2D eigenvalue weighted by atomic mass is 35.5. The fraction of sp³-hybridized carbons (Fsp3) is 0.417. The lowest BCUT2D eigenvalue weighted by molar-refractivity contribution is -0.113. The molecule has 0 aliphatic rings. The van der Waals surface area contributed by atoms with Crippen LogP contribution in [0, 0.1) is 0 Å². The van der Waals surface area contributed by atoms with Crippen molar-refractivity contribution >= 4 is 34.0 Å². The fourth-order valence-corrected chi connectivity index (χ4v) is 2.71. The minimum absolute atomic E-state index is 0.0415. The second-order valence-electron chi connectivity index (χ2n) is 3.98. The van der Waals surface area contributed by atoms with Crippen LogP contribution in [0.25, 0.3) is 0 Å². The van der Waals surface area contributed by atoms with Gasteiger partial charge in [-0.15, -0.1) is 0 Å². The van der Waals surface area contributed by atoms with E-state index < -0.39 is 10.8 Å². The van der Waals surface area contributed by atoms with Gasteiger partial charge in [0.05, 0.1) is 0 Å². The number of rotatable bonds is 6. The molecule has 3 N–H and O–H groups in total. The van der Waals surface area contributed by atoms with Gasteiger partial charge in [0.2, 0.25) is 5.91 Å². The van der Waals surface area contributed by atoms with Crippen LogP contribution < -0.4 is 11.1 Å². The van der Waals surface area contributed by atoms with Gasteiger partial charge in [-0.1, -0.05) is 24.6 Å². The lowest BCUT2D eigenvalue weighted by Gasteiger charge is -2.09. The SMILES string of the molecule is CCC(N)CS(=O)CC(=O)Nc1cccc(Cl)c1. The summed E-state index contributed by atoms with van der Waals surface area (Å²) >= 11 is 5.79. The minimum Gasteiger partial charge on any atom is -0.327 e. The number of halogens is 1. The van der Waals surface area contributed by atoms with E-state index in [0.717, 1.165) is 6.42 Å². The monoisotopic (exact) mass is 288 g/mol. The first-order valence-corrected chi connectivity index (χ1v) is 7.53. The molecular formula is C12H17ClN2O2S. The standard InChI is InChI=1S/C12H17ClN2O2S/c1-2-10(14)7-18(17)8-12(16)15-11-5-3-4-9(13)6-11/h3-6,10H,2,7-8,14H2,1H3,(H,15,16). The Kier molecular flexibility index (Phi) is 6.32. The summed E-state index contributed by atoms with van der Waals surface area (Å²) in [6, 6.07) is 6.70. The molecule has 18 heavy (non-hydrogen) atoms. The van der Waals surface area contributed by atoms with Gasteiger partial charge < -0.3 is 11.1 Å². The van der Waals surface area contributed by atoms with Gasteiger partial charge in [0.15, 0.2) is 0 Å². The summed E-state index contributed by atoms with van der Waals surface area (Å²) in [4.78, 5) is 11.6. The number of carbonyl (C=O) groups excluding carboxylic acids is 1. The third-order valence-electron chi connectivity index (χ3n) is 2.32. The fourth-order valence-electron chi connectivity index (χ4n) is 1.33. The average Bonchev–Trinajstić information content (AvgIpc) is 2.28. The van der Waals surface area contributed by atoms with Crippen LogP contribution in [0.15, 0.2) is 24.3 Å². The largest absolute Gasteiger partial charge is 0.327 e. The second-order valence-corrected chi connectivity index (χ2v) is 5.92. The number of nitrogens with one attached hydrogen (secondary N) is 1. The normalized spacial score (nSPS) is 13.9. The Morgan fingerprint density at radius 3 is 2.89 bits per heavy atom. The summed E-state index contributed by atoms with van der Waals surface area (Å²) in [7, 11) is -1.23. The van der Waals surface area contributed by atoms with Gasteiger partial charge in [-0.3, -0.25) is 9.00 Å². The lowest BCUT2D eigenvalue weighted by atomic mass is 10.3. The first-order valence-electron chi connectivity index (χ1n) is 5.67. The van der Waals surface area contributed by atoms with E-state index in [0.29, 0.717) is 16.5 Å². The Labute approximate surface area is 114 Å². The molecule has 0 spiro atoms. The molecule has 0 aliphatic carbocycles. The Morgan fingerprint density at radius 1 is 1.56 bits per heavy atom. The molecule has 2 atom stereocenters. The van der Waals surface area contributed by atoms with Crippen LogP contribution in [-0.2, 0) is 15.6 Å². The van der Waals surface area contributed by atoms with Gasteiger partial charge in [0.1, 0.15) is 5.75 Å². The Balaban J connectivity index is 2.44. The van der Waals surface area contributed by atoms with Gasteiger partial charge in [-0.05, 0) is 24.6 Å². The number of hydrogen-bond acceptors (Lipinski definition) is 3. The van der Waals surface area contributed by atoms with Crippen molar-refractivity contribution in [3.05, 3.63) is 29.3 Å². The van der Waals surface area contributed by atoms with Crippen LogP contribution in [0.5, 0.6) is 0 Å². The maximum absolute atomic E-state index is 11.6. The van der Waals surface area contributed by atoms with E-state index in [1.807, 2.05) is 6.92 Å². The molecule has 4 nitrogen and oxygen atoms in total. The van der Waals surface area contributed by atoms with Crippen LogP contribution in [0.4, 0.5) is 5.69 Å². The molecule has 0 fully saturated rings. The predicted molar refractivity (Wildman–Crippen MR) is 76.2 cm³/mol. The van der Waals surface area contributed by atoms with E-state index >= 15 is 0 Å². The summed E-state index contributed by atoms with van der Waals surface area (Å²) in [5.41, 5.74) is 6.28. The highest BCUT2D eigenvalue weighted by molar-refractivity contribution is 7.85. The highest BCUT2D eigenvalue weighted by Crippen LogP contribution is 2.14. The summed E-state index contributed by atoms with van der Waals surface area (Å²) < 4.78 is 11.6. The van der Waals surface area contributed by atoms with Crippen LogP contribution in [0.3, 0.4) is 0 Å². The van der Waals surface area contributed by atoms with Crippen LogP contribution in [0.1, 0.15) is 13.3 Å². The molecule has 0 saturated heterocycles. The highest BCUT2D eigenvalue weighted by Gasteiger charge is 2.11. The number of hydrogen-bond donors (Lipinski definition) is 2. The van der Waals surface area contributed by atoms with Gasteiger partial charge in [-0.2, -0.15) is 0 Å². The number of amides is 1. The number of benzene rings is 1. The van der Waals surface area contributed by atoms with E-state index in [4.69, 9.17) is 17.3 Å². The van der Waals surface area contributed by atoms with Crippen molar-refractivity contribution in [3.63, 3.8) is 0 Å². The average molecular weight is 289 g/mol. The molecule has 0 aromatic heterocycles. The summed E-state index contributed by atoms with van der Waals surface area (Å²) in [5.74, 6) is 0.0126. The predicted octanol–water partition coefficient (Wildman–Crippen LogP) is 1.76. The number of nitrogens with two attached hydrogens (primary N) is 1. The molecule has 100 valence electrons. The molecule has 1 aromatic rings. The van der Waals surface area contributed by atoms with E-state index in [1.165, 1.54) is 0 Å². The van der Waals surface area contributed by atoms with E-state index in [1.54, 1.807) is 24.3 Å². The maximum atomic E-state index is 11.6. The first kappa shape index (κ1) is 15.1. The molecule has 0 radical (unpaired) electrons. The zero-order valence-corrected chi connectivity index (χ0v) is 11.8. The smallest absolute Gasteiger partial charge is 0.236 e. The third kappa shape index (κ3) is 5.62. The summed E-state index contributed by atoms with van der Waals surface area (Å²) in [6.45, 7) is 1.92. The summed E-state index contributed by atoms with van der Waals surface area (Å²) in [5, 5.41) is 3.19. The van der Waals surface area contributed by atoms with Crippen molar-refractivity contribution in [1.82, 2.24) is 0 Å². The molecule has 0 saturated carbocycles. The van der Waals surface area contributed by atoms with Crippen molar-refractivity contribution in [1.29, 1.82) is 0 Å². The minimum atomic E-state index is -1.23. The van der Waals surface area contributed by atoms with Crippen LogP contribution in [-0.4, -0.2) is 27.7 Å². The Hall–Kier alpha value is -0.910. The van der Waals surface area contributed by atoms with Crippen LogP contribution >= 0.6 is 11.6 Å². The van der Waals surface area contributed by atoms with E-state index in [9.17, 15) is 9.00 Å². The molecule has 1 aromatic carbocycles. The van der Waals surface area contributed by atoms with E-state index in [-0.39, 0.29) is 17.7 Å². The number of anilines is 1. The van der Waals surface area contributed by atoms with Crippen molar-refractivity contribution in [3.8, 4) is 0 Å². The third-order valence-corrected chi connectivity index (χ3v) is 3.94. The van der Waals surface area contributed by atoms with Crippen molar-refractivity contribution < 1.29 is 9.00 Å². The quantitative estimate of drug-likeness (QED) is 0.838. The molecular weight excluding hydrogens is 272 g/mol. The van der Waals surface area contributed by atoms with Crippen molar-refractivity contribution in [2.24, 2.45) is 5.73 Å². The van der Waals surface area contributed by atoms with Crippen LogP contribution in [0.2, 0.25) is 5.02 Å². The second kappa shape index (κ2) is 7.51. The van der Waals surface area contributed by atoms with Gasteiger partial charge in [0, 0.05) is 33.3 Å². The number of carbonyl (C=O) groups is 1. The topological polar surface area (TPSA) is 72.2 Å². The molecule has 1 rings (SSSR count). The molecule has 0 aliphatic heterocycles. The molecule has 0 bridgehead atoms. The van der Waals surface area contributed by atoms with Crippen molar-refractivity contribution in [2.75, 3.05) is 16.8 Å². The zero-order valence-electron chi connectivity index (χ0n) is 10.2. The molecule has 6 heteroatoms. The molecule has 0 heterocycles. The van der Waals surface area contributed by atoms with Gasteiger partial charge in [-0.25, -0.2) is 0 Å². The first-order chi connectivity index (χ1) is 8.51. The van der Waals surface area contributed by atoms with Gasteiger partial charge >= 0.3 is 0 Å². The molecule has 1 amide bonds. The van der Waals surface area contributed by atoms with E-state index in [2.05, 4.69) is 5.32 Å². The Bertz CT molecular complexity index is 440.